The van der Waals surface area contributed by atoms with Crippen LogP contribution >= 0.6 is 89.3 Å². The van der Waals surface area contributed by atoms with Crippen LogP contribution in [0.1, 0.15) is 15.3 Å². The van der Waals surface area contributed by atoms with Gasteiger partial charge in [0.2, 0.25) is 0 Å². The summed E-state index contributed by atoms with van der Waals surface area (Å²) >= 11 is 27.9. The molecule has 0 fully saturated rings. The molecule has 1 atom stereocenters. The second-order valence-corrected chi connectivity index (χ2v) is 8.65. The normalized spacial score (nSPS) is 13.1. The highest BCUT2D eigenvalue weighted by Crippen LogP contribution is 2.45. The minimum absolute atomic E-state index is 0.0255. The largest absolute Gasteiger partial charge is 0.126 e. The van der Waals surface area contributed by atoms with Crippen molar-refractivity contribution in [2.45, 2.75) is 4.83 Å². The third-order valence-corrected chi connectivity index (χ3v) is 7.22. The number of hydrogen-bond acceptors (Lipinski definition) is 2. The van der Waals surface area contributed by atoms with E-state index in [9.17, 15) is 0 Å². The van der Waals surface area contributed by atoms with Gasteiger partial charge in [-0.05, 0) is 28.1 Å². The number of thiophene rings is 2. The predicted molar refractivity (Wildman–Crippen MR) is 82.1 cm³/mol. The molecule has 0 amide bonds. The molecule has 2 aromatic rings. The first-order chi connectivity index (χ1) is 7.49. The Morgan fingerprint density at radius 3 is 2.19 bits per heavy atom. The SMILES string of the molecule is Clc1cc(C(Br)c2cc(Br)c(Cl)s2)c(Cl)s1. The maximum atomic E-state index is 6.10. The minimum atomic E-state index is 0.0255. The molecule has 2 rings (SSSR count). The second-order valence-electron chi connectivity index (χ2n) is 2.91. The van der Waals surface area contributed by atoms with Crippen LogP contribution in [0.5, 0.6) is 0 Å². The van der Waals surface area contributed by atoms with E-state index in [2.05, 4.69) is 31.9 Å². The average Bonchev–Trinajstić information content (AvgIpc) is 2.70. The van der Waals surface area contributed by atoms with Gasteiger partial charge in [-0.3, -0.25) is 0 Å². The van der Waals surface area contributed by atoms with Gasteiger partial charge >= 0.3 is 0 Å². The summed E-state index contributed by atoms with van der Waals surface area (Å²) in [6.45, 7) is 0. The number of rotatable bonds is 2. The summed E-state index contributed by atoms with van der Waals surface area (Å²) in [5, 5.41) is 0. The van der Waals surface area contributed by atoms with Gasteiger partial charge in [0.15, 0.2) is 0 Å². The van der Waals surface area contributed by atoms with Crippen LogP contribution < -0.4 is 0 Å². The quantitative estimate of drug-likeness (QED) is 0.440. The molecule has 0 spiro atoms. The molecule has 16 heavy (non-hydrogen) atoms. The highest BCUT2D eigenvalue weighted by Gasteiger charge is 2.19. The molecule has 0 aliphatic rings. The Kier molecular flexibility index (Phi) is 4.67. The van der Waals surface area contributed by atoms with Gasteiger partial charge in [-0.25, -0.2) is 0 Å². The molecule has 7 heteroatoms. The van der Waals surface area contributed by atoms with Crippen LogP contribution in [0.25, 0.3) is 0 Å². The third-order valence-electron chi connectivity index (χ3n) is 1.87. The Morgan fingerprint density at radius 1 is 1.06 bits per heavy atom. The lowest BCUT2D eigenvalue weighted by Crippen LogP contribution is -1.86. The Bertz CT molecular complexity index is 501. The van der Waals surface area contributed by atoms with Crippen molar-refractivity contribution in [3.63, 3.8) is 0 Å². The summed E-state index contributed by atoms with van der Waals surface area (Å²) < 4.78 is 3.02. The minimum Gasteiger partial charge on any atom is -0.126 e. The van der Waals surface area contributed by atoms with Gasteiger partial charge < -0.3 is 0 Å². The fourth-order valence-electron chi connectivity index (χ4n) is 1.17. The molecule has 1 unspecified atom stereocenters. The van der Waals surface area contributed by atoms with Gasteiger partial charge in [-0.1, -0.05) is 50.7 Å². The lowest BCUT2D eigenvalue weighted by atomic mass is 10.2. The molecule has 0 saturated heterocycles. The summed E-state index contributed by atoms with van der Waals surface area (Å²) in [5.41, 5.74) is 0.974. The van der Waals surface area contributed by atoms with E-state index in [-0.39, 0.29) is 4.83 Å². The van der Waals surface area contributed by atoms with Gasteiger partial charge in [0.25, 0.3) is 0 Å². The molecule has 86 valence electrons. The summed E-state index contributed by atoms with van der Waals surface area (Å²) in [7, 11) is 0. The van der Waals surface area contributed by atoms with Gasteiger partial charge in [-0.2, -0.15) is 0 Å². The Hall–Kier alpha value is 1.23. The smallest absolute Gasteiger partial charge is 0.107 e. The second kappa shape index (κ2) is 5.47. The molecule has 0 aliphatic heterocycles. The lowest BCUT2D eigenvalue weighted by Gasteiger charge is -2.05. The molecule has 0 nitrogen and oxygen atoms in total. The van der Waals surface area contributed by atoms with Gasteiger partial charge in [0.1, 0.15) is 4.34 Å². The topological polar surface area (TPSA) is 0 Å². The highest BCUT2D eigenvalue weighted by atomic mass is 79.9. The average molecular weight is 441 g/mol. The predicted octanol–water partition coefficient (Wildman–Crippen LogP) is 7.02. The van der Waals surface area contributed by atoms with E-state index in [0.29, 0.717) is 8.67 Å². The van der Waals surface area contributed by atoms with E-state index in [4.69, 9.17) is 34.8 Å². The molecule has 2 aromatic heterocycles. The number of halogens is 5. The fraction of sp³-hybridized carbons (Fsp3) is 0.111. The first kappa shape index (κ1) is 13.7. The monoisotopic (exact) mass is 438 g/mol. The van der Waals surface area contributed by atoms with Crippen molar-refractivity contribution in [3.8, 4) is 0 Å². The van der Waals surface area contributed by atoms with Crippen molar-refractivity contribution in [2.75, 3.05) is 0 Å². The Morgan fingerprint density at radius 2 is 1.75 bits per heavy atom. The Balaban J connectivity index is 2.38. The van der Waals surface area contributed by atoms with Crippen LogP contribution in [0.15, 0.2) is 16.6 Å². The first-order valence-corrected chi connectivity index (χ1v) is 8.50. The maximum absolute atomic E-state index is 6.10. The summed E-state index contributed by atoms with van der Waals surface area (Å²) in [6.07, 6.45) is 0. The molecular weight excluding hydrogens is 438 g/mol. The van der Waals surface area contributed by atoms with Gasteiger partial charge in [0.05, 0.1) is 13.5 Å². The van der Waals surface area contributed by atoms with Crippen LogP contribution in [0.3, 0.4) is 0 Å². The molecule has 0 aromatic carbocycles. The molecule has 0 aliphatic carbocycles. The number of hydrogen-bond donors (Lipinski definition) is 0. The first-order valence-electron chi connectivity index (χ1n) is 4.02. The fourth-order valence-corrected chi connectivity index (χ4v) is 5.49. The summed E-state index contributed by atoms with van der Waals surface area (Å²) in [5.74, 6) is 0. The zero-order valence-electron chi connectivity index (χ0n) is 7.44. The van der Waals surface area contributed by atoms with Crippen LogP contribution in [-0.4, -0.2) is 0 Å². The zero-order chi connectivity index (χ0) is 11.9. The zero-order valence-corrected chi connectivity index (χ0v) is 14.5. The van der Waals surface area contributed by atoms with E-state index < -0.39 is 0 Å². The van der Waals surface area contributed by atoms with Crippen LogP contribution in [-0.2, 0) is 0 Å². The van der Waals surface area contributed by atoms with Crippen LogP contribution in [0.4, 0.5) is 0 Å². The lowest BCUT2D eigenvalue weighted by molar-refractivity contribution is 1.25. The Labute approximate surface area is 133 Å². The molecule has 0 bridgehead atoms. The van der Waals surface area contributed by atoms with Crippen molar-refractivity contribution < 1.29 is 0 Å². The number of alkyl halides is 1. The highest BCUT2D eigenvalue weighted by molar-refractivity contribution is 9.10. The van der Waals surface area contributed by atoms with E-state index in [0.717, 1.165) is 19.2 Å². The van der Waals surface area contributed by atoms with E-state index >= 15 is 0 Å². The van der Waals surface area contributed by atoms with Crippen molar-refractivity contribution in [2.24, 2.45) is 0 Å². The summed E-state index contributed by atoms with van der Waals surface area (Å²) in [6, 6.07) is 3.85. The van der Waals surface area contributed by atoms with E-state index in [1.54, 1.807) is 0 Å². The molecule has 2 heterocycles. The summed E-state index contributed by atoms with van der Waals surface area (Å²) in [4.78, 5) is 1.12. The third kappa shape index (κ3) is 2.79. The van der Waals surface area contributed by atoms with E-state index in [1.807, 2.05) is 12.1 Å². The van der Waals surface area contributed by atoms with Crippen molar-refractivity contribution in [3.05, 3.63) is 40.1 Å². The van der Waals surface area contributed by atoms with E-state index in [1.165, 1.54) is 22.7 Å². The maximum Gasteiger partial charge on any atom is 0.107 e. The van der Waals surface area contributed by atoms with Crippen molar-refractivity contribution >= 4 is 89.3 Å². The van der Waals surface area contributed by atoms with Gasteiger partial charge in [-0.15, -0.1) is 22.7 Å². The van der Waals surface area contributed by atoms with Crippen molar-refractivity contribution in [1.82, 2.24) is 0 Å². The van der Waals surface area contributed by atoms with Crippen LogP contribution in [0.2, 0.25) is 13.0 Å². The van der Waals surface area contributed by atoms with Crippen LogP contribution in [0, 0.1) is 0 Å². The molecule has 0 N–H and O–H groups in total. The van der Waals surface area contributed by atoms with Gasteiger partial charge in [0, 0.05) is 14.9 Å². The van der Waals surface area contributed by atoms with Crippen molar-refractivity contribution in [1.29, 1.82) is 0 Å². The molecular formula is C9H3Br2Cl3S2. The molecule has 0 saturated carbocycles. The standard InChI is InChI=1S/C9H3Br2Cl3S2/c10-4-2-5(15-9(4)14)7(11)3-1-6(12)16-8(3)13/h1-2,7H. The molecule has 0 radical (unpaired) electrons.